The number of rotatable bonds is 1. The fourth-order valence-corrected chi connectivity index (χ4v) is 1.91. The third-order valence-corrected chi connectivity index (χ3v) is 2.96. The number of aromatic nitrogens is 1. The average Bonchev–Trinajstić information content (AvgIpc) is 2.23. The highest BCUT2D eigenvalue weighted by Crippen LogP contribution is 2.27. The Bertz CT molecular complexity index is 521. The molecule has 0 saturated carbocycles. The summed E-state index contributed by atoms with van der Waals surface area (Å²) in [5.41, 5.74) is 8.91. The molecule has 0 aliphatic rings. The predicted molar refractivity (Wildman–Crippen MR) is 65.3 cm³/mol. The summed E-state index contributed by atoms with van der Waals surface area (Å²) >= 11 is 6.13. The van der Waals surface area contributed by atoms with Gasteiger partial charge in [-0.05, 0) is 36.6 Å². The molecule has 2 N–H and O–H groups in total. The summed E-state index contributed by atoms with van der Waals surface area (Å²) in [5, 5.41) is 1.72. The van der Waals surface area contributed by atoms with Crippen molar-refractivity contribution < 1.29 is 0 Å². The van der Waals surface area contributed by atoms with Crippen LogP contribution in [0, 0.1) is 6.92 Å². The van der Waals surface area contributed by atoms with Crippen LogP contribution >= 0.6 is 11.6 Å². The Morgan fingerprint density at radius 3 is 2.80 bits per heavy atom. The molecule has 0 amide bonds. The van der Waals surface area contributed by atoms with Crippen LogP contribution in [0.15, 0.2) is 18.2 Å². The molecule has 0 bridgehead atoms. The topological polar surface area (TPSA) is 38.9 Å². The van der Waals surface area contributed by atoms with E-state index >= 15 is 0 Å². The first-order valence-electron chi connectivity index (χ1n) is 4.97. The van der Waals surface area contributed by atoms with Crippen LogP contribution in [0.1, 0.15) is 18.1 Å². The zero-order chi connectivity index (χ0) is 11.0. The van der Waals surface area contributed by atoms with Crippen molar-refractivity contribution in [1.82, 2.24) is 4.98 Å². The van der Waals surface area contributed by atoms with Crippen LogP contribution in [0.2, 0.25) is 5.02 Å². The smallest absolute Gasteiger partial charge is 0.127 e. The van der Waals surface area contributed by atoms with Gasteiger partial charge in [0.1, 0.15) is 5.82 Å². The van der Waals surface area contributed by atoms with E-state index in [4.69, 9.17) is 17.3 Å². The van der Waals surface area contributed by atoms with E-state index in [1.807, 2.05) is 25.1 Å². The number of nitrogens with two attached hydrogens (primary N) is 1. The molecule has 2 aromatic rings. The van der Waals surface area contributed by atoms with Crippen molar-refractivity contribution >= 4 is 28.3 Å². The SMILES string of the molecule is CCc1cc2c(Cl)ccc(C)c2nc1N. The highest BCUT2D eigenvalue weighted by Gasteiger charge is 2.07. The summed E-state index contributed by atoms with van der Waals surface area (Å²) in [6.45, 7) is 4.07. The molecular weight excluding hydrogens is 208 g/mol. The number of nitrogen functional groups attached to an aromatic ring is 1. The first-order chi connectivity index (χ1) is 7.13. The number of fused-ring (bicyclic) bond motifs is 1. The van der Waals surface area contributed by atoms with E-state index < -0.39 is 0 Å². The first-order valence-corrected chi connectivity index (χ1v) is 5.35. The lowest BCUT2D eigenvalue weighted by molar-refractivity contribution is 1.13. The number of halogens is 1. The van der Waals surface area contributed by atoms with Crippen molar-refractivity contribution in [3.8, 4) is 0 Å². The van der Waals surface area contributed by atoms with E-state index in [0.29, 0.717) is 5.82 Å². The highest BCUT2D eigenvalue weighted by atomic mass is 35.5. The molecule has 2 rings (SSSR count). The number of aryl methyl sites for hydroxylation is 2. The van der Waals surface area contributed by atoms with Gasteiger partial charge in [0.05, 0.1) is 5.52 Å². The molecule has 0 aliphatic heterocycles. The second-order valence-corrected chi connectivity index (χ2v) is 4.05. The molecule has 1 aromatic carbocycles. The van der Waals surface area contributed by atoms with Gasteiger partial charge in [0.25, 0.3) is 0 Å². The van der Waals surface area contributed by atoms with Crippen molar-refractivity contribution in [2.45, 2.75) is 20.3 Å². The van der Waals surface area contributed by atoms with Crippen LogP contribution in [0.3, 0.4) is 0 Å². The summed E-state index contributed by atoms with van der Waals surface area (Å²) in [5.74, 6) is 0.607. The number of hydrogen-bond acceptors (Lipinski definition) is 2. The Balaban J connectivity index is 2.86. The molecule has 0 aliphatic carbocycles. The molecule has 0 saturated heterocycles. The van der Waals surface area contributed by atoms with Gasteiger partial charge < -0.3 is 5.73 Å². The second kappa shape index (κ2) is 3.70. The molecule has 1 aromatic heterocycles. The molecule has 0 atom stereocenters. The Hall–Kier alpha value is -1.28. The van der Waals surface area contributed by atoms with Crippen molar-refractivity contribution in [2.75, 3.05) is 5.73 Å². The summed E-state index contributed by atoms with van der Waals surface area (Å²) in [6, 6.07) is 5.90. The van der Waals surface area contributed by atoms with Gasteiger partial charge in [0.2, 0.25) is 0 Å². The van der Waals surface area contributed by atoms with Gasteiger partial charge >= 0.3 is 0 Å². The quantitative estimate of drug-likeness (QED) is 0.801. The van der Waals surface area contributed by atoms with E-state index in [9.17, 15) is 0 Å². The summed E-state index contributed by atoms with van der Waals surface area (Å²) in [7, 11) is 0. The van der Waals surface area contributed by atoms with Gasteiger partial charge in [-0.15, -0.1) is 0 Å². The minimum Gasteiger partial charge on any atom is -0.383 e. The minimum atomic E-state index is 0.607. The predicted octanol–water partition coefficient (Wildman–Crippen LogP) is 3.34. The summed E-state index contributed by atoms with van der Waals surface area (Å²) < 4.78 is 0. The standard InChI is InChI=1S/C12H13ClN2/c1-3-8-6-9-10(13)5-4-7(2)11(9)15-12(8)14/h4-6H,3H2,1-2H3,(H2,14,15). The van der Waals surface area contributed by atoms with Gasteiger partial charge in [0, 0.05) is 10.4 Å². The van der Waals surface area contributed by atoms with Crippen LogP contribution in [0.4, 0.5) is 5.82 Å². The second-order valence-electron chi connectivity index (χ2n) is 3.65. The van der Waals surface area contributed by atoms with Crippen LogP contribution < -0.4 is 5.73 Å². The summed E-state index contributed by atoms with van der Waals surface area (Å²) in [6.07, 6.45) is 0.874. The molecule has 2 nitrogen and oxygen atoms in total. The zero-order valence-corrected chi connectivity index (χ0v) is 9.60. The molecule has 3 heteroatoms. The van der Waals surface area contributed by atoms with E-state index in [2.05, 4.69) is 11.9 Å². The lowest BCUT2D eigenvalue weighted by Gasteiger charge is -2.08. The van der Waals surface area contributed by atoms with Gasteiger partial charge in [-0.25, -0.2) is 4.98 Å². The lowest BCUT2D eigenvalue weighted by atomic mass is 10.1. The molecule has 15 heavy (non-hydrogen) atoms. The van der Waals surface area contributed by atoms with Crippen LogP contribution in [0.25, 0.3) is 10.9 Å². The molecule has 0 unspecified atom stereocenters. The van der Waals surface area contributed by atoms with E-state index in [1.54, 1.807) is 0 Å². The number of anilines is 1. The third-order valence-electron chi connectivity index (χ3n) is 2.63. The molecule has 0 fully saturated rings. The molecular formula is C12H13ClN2. The largest absolute Gasteiger partial charge is 0.383 e. The fourth-order valence-electron chi connectivity index (χ4n) is 1.70. The number of nitrogens with zero attached hydrogens (tertiary/aromatic N) is 1. The van der Waals surface area contributed by atoms with Crippen LogP contribution in [-0.2, 0) is 6.42 Å². The Morgan fingerprint density at radius 2 is 2.13 bits per heavy atom. The molecule has 78 valence electrons. The maximum atomic E-state index is 6.13. The zero-order valence-electron chi connectivity index (χ0n) is 8.84. The maximum Gasteiger partial charge on any atom is 0.127 e. The summed E-state index contributed by atoms with van der Waals surface area (Å²) in [4.78, 5) is 4.40. The molecule has 0 radical (unpaired) electrons. The monoisotopic (exact) mass is 220 g/mol. The Labute approximate surface area is 94.1 Å². The van der Waals surface area contributed by atoms with Crippen molar-refractivity contribution in [3.63, 3.8) is 0 Å². The molecule has 0 spiro atoms. The van der Waals surface area contributed by atoms with E-state index in [-0.39, 0.29) is 0 Å². The number of hydrogen-bond donors (Lipinski definition) is 1. The number of pyridine rings is 1. The van der Waals surface area contributed by atoms with E-state index in [1.165, 1.54) is 0 Å². The van der Waals surface area contributed by atoms with Gasteiger partial charge in [-0.3, -0.25) is 0 Å². The Morgan fingerprint density at radius 1 is 1.40 bits per heavy atom. The van der Waals surface area contributed by atoms with Gasteiger partial charge in [-0.2, -0.15) is 0 Å². The van der Waals surface area contributed by atoms with Gasteiger partial charge in [0.15, 0.2) is 0 Å². The van der Waals surface area contributed by atoms with Crippen LogP contribution in [-0.4, -0.2) is 4.98 Å². The fraction of sp³-hybridized carbons (Fsp3) is 0.250. The van der Waals surface area contributed by atoms with Crippen LogP contribution in [0.5, 0.6) is 0 Å². The number of benzene rings is 1. The lowest BCUT2D eigenvalue weighted by Crippen LogP contribution is -1.98. The van der Waals surface area contributed by atoms with Crippen molar-refractivity contribution in [2.24, 2.45) is 0 Å². The molecule has 1 heterocycles. The normalized spacial score (nSPS) is 10.9. The minimum absolute atomic E-state index is 0.607. The average molecular weight is 221 g/mol. The highest BCUT2D eigenvalue weighted by molar-refractivity contribution is 6.35. The maximum absolute atomic E-state index is 6.13. The Kier molecular flexibility index (Phi) is 2.53. The third kappa shape index (κ3) is 1.65. The van der Waals surface area contributed by atoms with Gasteiger partial charge in [-0.1, -0.05) is 24.6 Å². The first kappa shape index (κ1) is 10.2. The van der Waals surface area contributed by atoms with E-state index in [0.717, 1.165) is 33.5 Å². The van der Waals surface area contributed by atoms with Crippen molar-refractivity contribution in [3.05, 3.63) is 34.3 Å². The van der Waals surface area contributed by atoms with Crippen molar-refractivity contribution in [1.29, 1.82) is 0 Å².